The van der Waals surface area contributed by atoms with E-state index >= 15 is 0 Å². The number of rotatable bonds is 2. The summed E-state index contributed by atoms with van der Waals surface area (Å²) in [5.74, 6) is 1.68. The van der Waals surface area contributed by atoms with Crippen LogP contribution in [0.15, 0.2) is 30.5 Å². The first-order valence-corrected chi connectivity index (χ1v) is 6.84. The van der Waals surface area contributed by atoms with Crippen LogP contribution in [0.3, 0.4) is 0 Å². The lowest BCUT2D eigenvalue weighted by molar-refractivity contribution is 0.142. The van der Waals surface area contributed by atoms with Crippen molar-refractivity contribution in [3.8, 4) is 5.75 Å². The molecule has 0 atom stereocenters. The fourth-order valence-electron chi connectivity index (χ4n) is 2.62. The first kappa shape index (κ1) is 13.5. The van der Waals surface area contributed by atoms with Gasteiger partial charge in [0, 0.05) is 37.8 Å². The number of pyridine rings is 1. The number of ether oxygens (including phenoxy) is 1. The average Bonchev–Trinajstić information content (AvgIpc) is 2.54. The van der Waals surface area contributed by atoms with Crippen LogP contribution in [0.5, 0.6) is 5.75 Å². The summed E-state index contributed by atoms with van der Waals surface area (Å²) in [6.07, 6.45) is 0.926. The van der Waals surface area contributed by atoms with E-state index in [0.717, 1.165) is 22.3 Å². The minimum atomic E-state index is -0.859. The molecular weight excluding hydrogens is 270 g/mol. The van der Waals surface area contributed by atoms with E-state index in [1.54, 1.807) is 13.3 Å². The van der Waals surface area contributed by atoms with Gasteiger partial charge < -0.3 is 19.6 Å². The van der Waals surface area contributed by atoms with Crippen LogP contribution in [0.25, 0.3) is 10.8 Å². The summed E-state index contributed by atoms with van der Waals surface area (Å²) in [6.45, 7) is 2.29. The van der Waals surface area contributed by atoms with Gasteiger partial charge in [0.25, 0.3) is 0 Å². The standard InChI is InChI=1S/C15H17N3O3/c1-21-12-3-2-11-4-5-16-14(13(11)10-12)17-6-8-18(9-7-17)15(19)20/h2-5,10H,6-9H2,1H3,(H,19,20). The van der Waals surface area contributed by atoms with Gasteiger partial charge in [-0.25, -0.2) is 9.78 Å². The predicted octanol–water partition coefficient (Wildman–Crippen LogP) is 2.04. The fourth-order valence-corrected chi connectivity index (χ4v) is 2.62. The number of carbonyl (C=O) groups is 1. The Morgan fingerprint density at radius 3 is 2.67 bits per heavy atom. The van der Waals surface area contributed by atoms with Crippen LogP contribution in [0.4, 0.5) is 10.6 Å². The number of piperazine rings is 1. The number of fused-ring (bicyclic) bond motifs is 1. The molecular formula is C15H17N3O3. The minimum absolute atomic E-state index is 0.497. The predicted molar refractivity (Wildman–Crippen MR) is 80.1 cm³/mol. The van der Waals surface area contributed by atoms with Gasteiger partial charge in [-0.2, -0.15) is 0 Å². The number of hydrogen-bond donors (Lipinski definition) is 1. The van der Waals surface area contributed by atoms with Crippen LogP contribution in [0, 0.1) is 0 Å². The van der Waals surface area contributed by atoms with Crippen molar-refractivity contribution in [3.05, 3.63) is 30.5 Å². The monoisotopic (exact) mass is 287 g/mol. The Hall–Kier alpha value is -2.50. The molecule has 1 aliphatic heterocycles. The molecule has 0 saturated carbocycles. The fraction of sp³-hybridized carbons (Fsp3) is 0.333. The summed E-state index contributed by atoms with van der Waals surface area (Å²) in [5.41, 5.74) is 0. The summed E-state index contributed by atoms with van der Waals surface area (Å²) in [4.78, 5) is 19.0. The van der Waals surface area contributed by atoms with Crippen LogP contribution >= 0.6 is 0 Å². The molecule has 2 heterocycles. The maximum atomic E-state index is 11.0. The molecule has 3 rings (SSSR count). The third kappa shape index (κ3) is 2.56. The summed E-state index contributed by atoms with van der Waals surface area (Å²) in [6, 6.07) is 7.87. The highest BCUT2D eigenvalue weighted by Gasteiger charge is 2.22. The van der Waals surface area contributed by atoms with Crippen molar-refractivity contribution < 1.29 is 14.6 Å². The van der Waals surface area contributed by atoms with E-state index in [-0.39, 0.29) is 0 Å². The Kier molecular flexibility index (Phi) is 3.51. The third-order valence-corrected chi connectivity index (χ3v) is 3.80. The van der Waals surface area contributed by atoms with Crippen molar-refractivity contribution in [1.82, 2.24) is 9.88 Å². The lowest BCUT2D eigenvalue weighted by atomic mass is 10.1. The van der Waals surface area contributed by atoms with Gasteiger partial charge in [-0.05, 0) is 23.6 Å². The van der Waals surface area contributed by atoms with Gasteiger partial charge in [-0.1, -0.05) is 6.07 Å². The van der Waals surface area contributed by atoms with Crippen LogP contribution in [0.2, 0.25) is 0 Å². The highest BCUT2D eigenvalue weighted by Crippen LogP contribution is 2.28. The van der Waals surface area contributed by atoms with Crippen molar-refractivity contribution in [2.24, 2.45) is 0 Å². The first-order chi connectivity index (χ1) is 10.2. The lowest BCUT2D eigenvalue weighted by Crippen LogP contribution is -2.48. The summed E-state index contributed by atoms with van der Waals surface area (Å²) in [7, 11) is 1.64. The molecule has 0 unspecified atom stereocenters. The third-order valence-electron chi connectivity index (χ3n) is 3.80. The van der Waals surface area contributed by atoms with Gasteiger partial charge in [0.2, 0.25) is 0 Å². The molecule has 110 valence electrons. The number of nitrogens with zero attached hydrogens (tertiary/aromatic N) is 3. The lowest BCUT2D eigenvalue weighted by Gasteiger charge is -2.34. The molecule has 1 amide bonds. The topological polar surface area (TPSA) is 65.9 Å². The van der Waals surface area contributed by atoms with Gasteiger partial charge in [0.1, 0.15) is 11.6 Å². The number of hydrogen-bond acceptors (Lipinski definition) is 4. The van der Waals surface area contributed by atoms with Crippen molar-refractivity contribution in [2.75, 3.05) is 38.2 Å². The molecule has 1 aliphatic rings. The van der Waals surface area contributed by atoms with Gasteiger partial charge in [0.05, 0.1) is 7.11 Å². The molecule has 0 radical (unpaired) electrons. The molecule has 6 nitrogen and oxygen atoms in total. The second-order valence-corrected chi connectivity index (χ2v) is 4.98. The van der Waals surface area contributed by atoms with E-state index < -0.39 is 6.09 Å². The van der Waals surface area contributed by atoms with Crippen molar-refractivity contribution in [1.29, 1.82) is 0 Å². The number of aromatic nitrogens is 1. The quantitative estimate of drug-likeness (QED) is 0.915. The summed E-state index contributed by atoms with van der Waals surface area (Å²) < 4.78 is 5.28. The Bertz CT molecular complexity index is 666. The van der Waals surface area contributed by atoms with Gasteiger partial charge >= 0.3 is 6.09 Å². The van der Waals surface area contributed by atoms with E-state index in [1.807, 2.05) is 24.3 Å². The van der Waals surface area contributed by atoms with Gasteiger partial charge in [0.15, 0.2) is 0 Å². The normalized spacial score (nSPS) is 15.3. The smallest absolute Gasteiger partial charge is 0.407 e. The molecule has 6 heteroatoms. The maximum absolute atomic E-state index is 11.0. The van der Waals surface area contributed by atoms with Crippen LogP contribution in [-0.2, 0) is 0 Å². The second-order valence-electron chi connectivity index (χ2n) is 4.98. The Morgan fingerprint density at radius 1 is 1.24 bits per heavy atom. The van der Waals surface area contributed by atoms with E-state index in [1.165, 1.54) is 4.90 Å². The zero-order valence-electron chi connectivity index (χ0n) is 11.8. The molecule has 1 N–H and O–H groups in total. The van der Waals surface area contributed by atoms with Crippen molar-refractivity contribution in [3.63, 3.8) is 0 Å². The van der Waals surface area contributed by atoms with Crippen molar-refractivity contribution in [2.45, 2.75) is 0 Å². The van der Waals surface area contributed by atoms with E-state index in [4.69, 9.17) is 9.84 Å². The summed E-state index contributed by atoms with van der Waals surface area (Å²) in [5, 5.41) is 11.1. The molecule has 1 aromatic carbocycles. The molecule has 1 fully saturated rings. The van der Waals surface area contributed by atoms with Crippen LogP contribution in [0.1, 0.15) is 0 Å². The largest absolute Gasteiger partial charge is 0.497 e. The molecule has 1 saturated heterocycles. The zero-order chi connectivity index (χ0) is 14.8. The highest BCUT2D eigenvalue weighted by molar-refractivity contribution is 5.93. The maximum Gasteiger partial charge on any atom is 0.407 e. The number of methoxy groups -OCH3 is 1. The van der Waals surface area contributed by atoms with Gasteiger partial charge in [-0.3, -0.25) is 0 Å². The molecule has 1 aromatic heterocycles. The first-order valence-electron chi connectivity index (χ1n) is 6.84. The minimum Gasteiger partial charge on any atom is -0.497 e. The second kappa shape index (κ2) is 5.47. The Labute approximate surface area is 122 Å². The van der Waals surface area contributed by atoms with E-state index in [9.17, 15) is 4.79 Å². The van der Waals surface area contributed by atoms with Crippen molar-refractivity contribution >= 4 is 22.7 Å². The average molecular weight is 287 g/mol. The molecule has 0 aliphatic carbocycles. The summed E-state index contributed by atoms with van der Waals surface area (Å²) >= 11 is 0. The molecule has 2 aromatic rings. The zero-order valence-corrected chi connectivity index (χ0v) is 11.8. The number of benzene rings is 1. The molecule has 0 bridgehead atoms. The Morgan fingerprint density at radius 2 is 2.00 bits per heavy atom. The van der Waals surface area contributed by atoms with Crippen LogP contribution in [-0.4, -0.2) is 54.4 Å². The van der Waals surface area contributed by atoms with E-state index in [2.05, 4.69) is 9.88 Å². The Balaban J connectivity index is 1.92. The van der Waals surface area contributed by atoms with Gasteiger partial charge in [-0.15, -0.1) is 0 Å². The van der Waals surface area contributed by atoms with E-state index in [0.29, 0.717) is 26.2 Å². The SMILES string of the molecule is COc1ccc2ccnc(N3CCN(C(=O)O)CC3)c2c1. The van der Waals surface area contributed by atoms with Crippen LogP contribution < -0.4 is 9.64 Å². The highest BCUT2D eigenvalue weighted by atomic mass is 16.5. The molecule has 0 spiro atoms. The number of carboxylic acid groups (broad SMARTS) is 1. The number of anilines is 1. The molecule has 21 heavy (non-hydrogen) atoms. The number of amides is 1.